The minimum Gasteiger partial charge on any atom is -0.473 e. The summed E-state index contributed by atoms with van der Waals surface area (Å²) in [6.07, 6.45) is 4.42. The molecular weight excluding hydrogens is 432 g/mol. The molecule has 4 heterocycles. The second kappa shape index (κ2) is 8.09. The Kier molecular flexibility index (Phi) is 5.02. The molecule has 1 aliphatic carbocycles. The standard InChI is InChI=1S/C25H28N6O3/c1-14(17-8-22(32)27-11-17)34-25-24-20(28-13-31(24)18-5-6-18)9-19(29-25)15-3-4-16-10-26-12-23(33)30(2)21(16)7-15/h3-4,7,9,13-14,17-18,26H,5-6,8,10-12H2,1-2H3,(H,27,32). The lowest BCUT2D eigenvalue weighted by molar-refractivity contribution is -0.119. The molecule has 1 aromatic carbocycles. The van der Waals surface area contributed by atoms with Gasteiger partial charge in [0, 0.05) is 49.8 Å². The molecule has 2 N–H and O–H groups in total. The van der Waals surface area contributed by atoms with Gasteiger partial charge in [0.2, 0.25) is 17.7 Å². The summed E-state index contributed by atoms with van der Waals surface area (Å²) in [4.78, 5) is 35.4. The number of hydrogen-bond acceptors (Lipinski definition) is 6. The van der Waals surface area contributed by atoms with Gasteiger partial charge >= 0.3 is 0 Å². The molecule has 2 aromatic heterocycles. The van der Waals surface area contributed by atoms with Crippen LogP contribution in [-0.2, 0) is 16.1 Å². The lowest BCUT2D eigenvalue weighted by Gasteiger charge is -2.21. The Labute approximate surface area is 197 Å². The summed E-state index contributed by atoms with van der Waals surface area (Å²) >= 11 is 0. The lowest BCUT2D eigenvalue weighted by atomic mass is 10.0. The SMILES string of the molecule is CC(Oc1nc(-c2ccc3c(c2)N(C)C(=O)CNC3)cc2ncn(C3CC3)c12)C1CNC(=O)C1. The number of amides is 2. The largest absolute Gasteiger partial charge is 0.473 e. The van der Waals surface area contributed by atoms with Gasteiger partial charge in [-0.15, -0.1) is 0 Å². The van der Waals surface area contributed by atoms with Crippen LogP contribution in [-0.4, -0.2) is 52.6 Å². The van der Waals surface area contributed by atoms with E-state index < -0.39 is 0 Å². The molecule has 2 atom stereocenters. The molecule has 2 fully saturated rings. The van der Waals surface area contributed by atoms with E-state index in [1.807, 2.05) is 37.5 Å². The zero-order valence-electron chi connectivity index (χ0n) is 19.4. The van der Waals surface area contributed by atoms with Gasteiger partial charge < -0.3 is 24.8 Å². The van der Waals surface area contributed by atoms with Gasteiger partial charge in [-0.25, -0.2) is 9.97 Å². The van der Waals surface area contributed by atoms with Crippen molar-refractivity contribution in [1.82, 2.24) is 25.2 Å². The third-order valence-corrected chi connectivity index (χ3v) is 7.14. The van der Waals surface area contributed by atoms with E-state index in [-0.39, 0.29) is 23.8 Å². The second-order valence-electron chi connectivity index (χ2n) is 9.55. The van der Waals surface area contributed by atoms with Crippen LogP contribution >= 0.6 is 0 Å². The molecule has 0 radical (unpaired) electrons. The van der Waals surface area contributed by atoms with Crippen LogP contribution in [0.3, 0.4) is 0 Å². The van der Waals surface area contributed by atoms with Crippen LogP contribution in [0.15, 0.2) is 30.6 Å². The van der Waals surface area contributed by atoms with E-state index in [1.165, 1.54) is 0 Å². The van der Waals surface area contributed by atoms with Crippen molar-refractivity contribution in [2.45, 2.75) is 44.9 Å². The van der Waals surface area contributed by atoms with Gasteiger partial charge in [-0.3, -0.25) is 9.59 Å². The molecule has 2 aliphatic heterocycles. The van der Waals surface area contributed by atoms with Gasteiger partial charge in [0.05, 0.1) is 24.1 Å². The van der Waals surface area contributed by atoms with E-state index in [1.54, 1.807) is 11.9 Å². The first-order valence-electron chi connectivity index (χ1n) is 11.9. The summed E-state index contributed by atoms with van der Waals surface area (Å²) in [6.45, 7) is 3.57. The highest BCUT2D eigenvalue weighted by Gasteiger charge is 2.31. The van der Waals surface area contributed by atoms with Crippen molar-refractivity contribution >= 4 is 28.5 Å². The Bertz CT molecular complexity index is 1300. The maximum absolute atomic E-state index is 12.4. The molecule has 2 amide bonds. The molecule has 0 bridgehead atoms. The van der Waals surface area contributed by atoms with Gasteiger partial charge in [-0.05, 0) is 37.5 Å². The van der Waals surface area contributed by atoms with Crippen molar-refractivity contribution in [2.75, 3.05) is 25.0 Å². The molecule has 1 saturated heterocycles. The Balaban J connectivity index is 1.42. The van der Waals surface area contributed by atoms with Crippen LogP contribution in [0.5, 0.6) is 5.88 Å². The van der Waals surface area contributed by atoms with E-state index in [0.29, 0.717) is 38.0 Å². The van der Waals surface area contributed by atoms with Gasteiger partial charge in [0.1, 0.15) is 11.6 Å². The fourth-order valence-corrected chi connectivity index (χ4v) is 4.86. The van der Waals surface area contributed by atoms with Crippen molar-refractivity contribution in [3.8, 4) is 17.1 Å². The first-order chi connectivity index (χ1) is 16.5. The topological polar surface area (TPSA) is 101 Å². The smallest absolute Gasteiger partial charge is 0.241 e. The fourth-order valence-electron chi connectivity index (χ4n) is 4.86. The number of pyridine rings is 1. The van der Waals surface area contributed by atoms with Gasteiger partial charge in [-0.1, -0.05) is 12.1 Å². The summed E-state index contributed by atoms with van der Waals surface area (Å²) < 4.78 is 8.60. The zero-order valence-corrected chi connectivity index (χ0v) is 19.4. The first-order valence-corrected chi connectivity index (χ1v) is 11.9. The first kappa shape index (κ1) is 21.1. The summed E-state index contributed by atoms with van der Waals surface area (Å²) in [5.41, 5.74) is 5.34. The third kappa shape index (κ3) is 3.69. The van der Waals surface area contributed by atoms with Crippen molar-refractivity contribution in [1.29, 1.82) is 0 Å². The maximum atomic E-state index is 12.4. The monoisotopic (exact) mass is 460 g/mol. The van der Waals surface area contributed by atoms with E-state index in [9.17, 15) is 9.59 Å². The van der Waals surface area contributed by atoms with E-state index >= 15 is 0 Å². The van der Waals surface area contributed by atoms with E-state index in [4.69, 9.17) is 9.72 Å². The molecule has 9 nitrogen and oxygen atoms in total. The normalized spacial score (nSPS) is 21.4. The molecular formula is C25H28N6O3. The van der Waals surface area contributed by atoms with E-state index in [0.717, 1.165) is 46.4 Å². The van der Waals surface area contributed by atoms with Crippen LogP contribution in [0.1, 0.15) is 37.8 Å². The van der Waals surface area contributed by atoms with E-state index in [2.05, 4.69) is 20.2 Å². The predicted octanol–water partition coefficient (Wildman–Crippen LogP) is 2.40. The van der Waals surface area contributed by atoms with Crippen LogP contribution in [0.2, 0.25) is 0 Å². The Morgan fingerprint density at radius 3 is 2.79 bits per heavy atom. The summed E-state index contributed by atoms with van der Waals surface area (Å²) in [7, 11) is 1.80. The Morgan fingerprint density at radius 1 is 1.18 bits per heavy atom. The second-order valence-corrected chi connectivity index (χ2v) is 9.55. The number of aromatic nitrogens is 3. The van der Waals surface area contributed by atoms with Crippen LogP contribution in [0, 0.1) is 5.92 Å². The minimum atomic E-state index is -0.172. The van der Waals surface area contributed by atoms with Crippen molar-refractivity contribution < 1.29 is 14.3 Å². The van der Waals surface area contributed by atoms with Crippen molar-refractivity contribution in [2.24, 2.45) is 5.92 Å². The van der Waals surface area contributed by atoms with Gasteiger partial charge in [0.15, 0.2) is 0 Å². The number of benzene rings is 1. The summed E-state index contributed by atoms with van der Waals surface area (Å²) in [5, 5.41) is 6.07. The Morgan fingerprint density at radius 2 is 2.03 bits per heavy atom. The summed E-state index contributed by atoms with van der Waals surface area (Å²) in [6, 6.07) is 8.51. The summed E-state index contributed by atoms with van der Waals surface area (Å²) in [5.74, 6) is 0.739. The molecule has 1 saturated carbocycles. The van der Waals surface area contributed by atoms with Crippen LogP contribution < -0.4 is 20.3 Å². The maximum Gasteiger partial charge on any atom is 0.241 e. The molecule has 34 heavy (non-hydrogen) atoms. The molecule has 2 unspecified atom stereocenters. The molecule has 176 valence electrons. The number of rotatable bonds is 5. The molecule has 3 aliphatic rings. The number of hydrogen-bond donors (Lipinski definition) is 2. The molecule has 3 aromatic rings. The third-order valence-electron chi connectivity index (χ3n) is 7.14. The number of ether oxygens (including phenoxy) is 1. The van der Waals surface area contributed by atoms with Crippen LogP contribution in [0.25, 0.3) is 22.3 Å². The number of carbonyl (C=O) groups is 2. The number of fused-ring (bicyclic) bond motifs is 2. The van der Waals surface area contributed by atoms with Crippen molar-refractivity contribution in [3.63, 3.8) is 0 Å². The number of nitrogens with zero attached hydrogens (tertiary/aromatic N) is 4. The highest BCUT2D eigenvalue weighted by atomic mass is 16.5. The quantitative estimate of drug-likeness (QED) is 0.606. The zero-order chi connectivity index (χ0) is 23.4. The average molecular weight is 461 g/mol. The highest BCUT2D eigenvalue weighted by Crippen LogP contribution is 2.41. The number of imidazole rings is 1. The number of likely N-dealkylation sites (N-methyl/N-ethyl adjacent to an activating group) is 1. The van der Waals surface area contributed by atoms with Crippen molar-refractivity contribution in [3.05, 3.63) is 36.2 Å². The number of nitrogens with one attached hydrogen (secondary N) is 2. The van der Waals surface area contributed by atoms with Gasteiger partial charge in [-0.2, -0.15) is 0 Å². The number of anilines is 1. The molecule has 0 spiro atoms. The predicted molar refractivity (Wildman–Crippen MR) is 128 cm³/mol. The average Bonchev–Trinajstić information content (AvgIpc) is 3.47. The number of carbonyl (C=O) groups excluding carboxylic acids is 2. The lowest BCUT2D eigenvalue weighted by Crippen LogP contribution is -2.32. The molecule has 9 heteroatoms. The molecule has 6 rings (SSSR count). The highest BCUT2D eigenvalue weighted by molar-refractivity contribution is 5.96. The minimum absolute atomic E-state index is 0.0278. The Hall–Kier alpha value is -3.46. The van der Waals surface area contributed by atoms with Gasteiger partial charge in [0.25, 0.3) is 0 Å². The fraction of sp³-hybridized carbons (Fsp3) is 0.440. The van der Waals surface area contributed by atoms with Crippen LogP contribution in [0.4, 0.5) is 5.69 Å².